The molecule has 1 unspecified atom stereocenters. The van der Waals surface area contributed by atoms with Gasteiger partial charge in [-0.1, -0.05) is 13.3 Å². The molecule has 1 atom stereocenters. The molecule has 3 heterocycles. The Kier molecular flexibility index (Phi) is 6.04. The first-order valence-corrected chi connectivity index (χ1v) is 10.9. The maximum atomic E-state index is 13.2. The number of amides is 3. The number of benzene rings is 1. The van der Waals surface area contributed by atoms with Crippen LogP contribution in [-0.2, 0) is 4.79 Å². The number of likely N-dealkylation sites (N-methyl/N-ethyl adjacent to an activating group) is 2. The molecular weight excluding hydrogens is 399 g/mol. The highest BCUT2D eigenvalue weighted by Gasteiger charge is 2.52. The lowest BCUT2D eigenvalue weighted by Gasteiger charge is -2.35. The number of nitrogens with zero attached hydrogens (tertiary/aromatic N) is 6. The molecule has 0 aliphatic carbocycles. The second-order valence-electron chi connectivity index (χ2n) is 8.31. The Bertz CT molecular complexity index is 920. The number of carbonyl (C=O) groups excluding carboxylic acids is 2. The molecule has 0 bridgehead atoms. The second-order valence-corrected chi connectivity index (χ2v) is 8.31. The minimum absolute atomic E-state index is 0.214. The van der Waals surface area contributed by atoms with E-state index in [-0.39, 0.29) is 17.8 Å². The van der Waals surface area contributed by atoms with Crippen molar-refractivity contribution < 1.29 is 18.6 Å². The minimum Gasteiger partial charge on any atom is -0.369 e. The van der Waals surface area contributed by atoms with Crippen LogP contribution >= 0.6 is 0 Å². The third kappa shape index (κ3) is 4.06. The van der Waals surface area contributed by atoms with Crippen molar-refractivity contribution in [1.29, 1.82) is 0 Å². The lowest BCUT2D eigenvalue weighted by atomic mass is 10.1. The van der Waals surface area contributed by atoms with Crippen LogP contribution in [0.1, 0.15) is 19.8 Å². The zero-order valence-corrected chi connectivity index (χ0v) is 18.4. The van der Waals surface area contributed by atoms with E-state index in [4.69, 9.17) is 4.99 Å². The molecule has 8 nitrogen and oxygen atoms in total. The van der Waals surface area contributed by atoms with E-state index in [0.29, 0.717) is 12.4 Å². The summed E-state index contributed by atoms with van der Waals surface area (Å²) >= 11 is 0. The predicted octanol–water partition coefficient (Wildman–Crippen LogP) is 1.46. The van der Waals surface area contributed by atoms with Gasteiger partial charge >= 0.3 is 11.9 Å². The summed E-state index contributed by atoms with van der Waals surface area (Å²) in [4.78, 5) is 37.3. The van der Waals surface area contributed by atoms with Crippen LogP contribution in [-0.4, -0.2) is 102 Å². The van der Waals surface area contributed by atoms with Gasteiger partial charge in [-0.15, -0.1) is 0 Å². The van der Waals surface area contributed by atoms with Gasteiger partial charge in [0.2, 0.25) is 0 Å². The number of hydrogen-bond acceptors (Lipinski definition) is 5. The molecule has 0 N–H and O–H groups in total. The van der Waals surface area contributed by atoms with E-state index in [2.05, 4.69) is 21.3 Å². The summed E-state index contributed by atoms with van der Waals surface area (Å²) in [7, 11) is 3.21. The molecule has 0 radical (unpaired) electrons. The Labute approximate surface area is 182 Å². The van der Waals surface area contributed by atoms with Gasteiger partial charge in [-0.2, -0.15) is 0 Å². The van der Waals surface area contributed by atoms with Crippen molar-refractivity contribution in [1.82, 2.24) is 14.7 Å². The number of hydrogen-bond donors (Lipinski definition) is 0. The van der Waals surface area contributed by atoms with Crippen molar-refractivity contribution in [2.75, 3.05) is 58.3 Å². The first-order chi connectivity index (χ1) is 14.9. The van der Waals surface area contributed by atoms with Gasteiger partial charge in [0.1, 0.15) is 12.4 Å². The Hall–Kier alpha value is -2.81. The molecule has 1 aromatic carbocycles. The van der Waals surface area contributed by atoms with Crippen LogP contribution in [0.25, 0.3) is 0 Å². The van der Waals surface area contributed by atoms with Gasteiger partial charge in [0.25, 0.3) is 17.8 Å². The van der Waals surface area contributed by atoms with Gasteiger partial charge in [0, 0.05) is 46.0 Å². The number of halogens is 1. The van der Waals surface area contributed by atoms with Crippen LogP contribution in [0.4, 0.5) is 14.9 Å². The maximum absolute atomic E-state index is 13.2. The number of aliphatic imine (C=N–C) groups is 1. The summed E-state index contributed by atoms with van der Waals surface area (Å²) < 4.78 is 15.3. The quantitative estimate of drug-likeness (QED) is 0.643. The third-order valence-corrected chi connectivity index (χ3v) is 6.30. The Morgan fingerprint density at radius 2 is 1.74 bits per heavy atom. The average Bonchev–Trinajstić information content (AvgIpc) is 3.14. The molecule has 1 aromatic rings. The van der Waals surface area contributed by atoms with E-state index in [9.17, 15) is 14.0 Å². The van der Waals surface area contributed by atoms with E-state index in [1.54, 1.807) is 7.05 Å². The highest BCUT2D eigenvalue weighted by atomic mass is 19.1. The molecule has 0 spiro atoms. The molecule has 4 rings (SSSR count). The summed E-state index contributed by atoms with van der Waals surface area (Å²) in [5.41, 5.74) is 1.03. The zero-order valence-electron chi connectivity index (χ0n) is 18.4. The van der Waals surface area contributed by atoms with Crippen LogP contribution in [0.5, 0.6) is 0 Å². The lowest BCUT2D eigenvalue weighted by Crippen LogP contribution is -2.61. The molecule has 2 saturated heterocycles. The van der Waals surface area contributed by atoms with Crippen LogP contribution in [0.3, 0.4) is 0 Å². The molecule has 31 heavy (non-hydrogen) atoms. The van der Waals surface area contributed by atoms with Gasteiger partial charge in [-0.25, -0.2) is 13.8 Å². The van der Waals surface area contributed by atoms with Crippen molar-refractivity contribution in [3.8, 4) is 0 Å². The van der Waals surface area contributed by atoms with Crippen molar-refractivity contribution in [3.05, 3.63) is 30.1 Å². The van der Waals surface area contributed by atoms with Crippen LogP contribution in [0.15, 0.2) is 29.3 Å². The lowest BCUT2D eigenvalue weighted by molar-refractivity contribution is -0.536. The number of imide groups is 1. The molecule has 166 valence electrons. The summed E-state index contributed by atoms with van der Waals surface area (Å²) in [6, 6.07) is 5.75. The monoisotopic (exact) mass is 429 g/mol. The van der Waals surface area contributed by atoms with E-state index < -0.39 is 6.04 Å². The number of anilines is 1. The largest absolute Gasteiger partial charge is 0.369 e. The summed E-state index contributed by atoms with van der Waals surface area (Å²) in [5.74, 6) is 0.946. The molecular formula is C22H30FN6O2+. The smallest absolute Gasteiger partial charge is 0.333 e. The fourth-order valence-electron chi connectivity index (χ4n) is 4.38. The average molecular weight is 430 g/mol. The third-order valence-electron chi connectivity index (χ3n) is 6.30. The van der Waals surface area contributed by atoms with Crippen LogP contribution < -0.4 is 4.90 Å². The highest BCUT2D eigenvalue weighted by Crippen LogP contribution is 2.21. The SMILES string of the molecule is CCCC[N+]1=C(CN2CCN(c3ccc(F)cc3)CC2)N=C2C1C(=O)N(C)C(=O)N2C. The van der Waals surface area contributed by atoms with Crippen LogP contribution in [0.2, 0.25) is 0 Å². The minimum atomic E-state index is -0.519. The van der Waals surface area contributed by atoms with Crippen molar-refractivity contribution in [2.45, 2.75) is 25.8 Å². The Morgan fingerprint density at radius 1 is 1.06 bits per heavy atom. The molecule has 2 fully saturated rings. The zero-order chi connectivity index (χ0) is 22.1. The fraction of sp³-hybridized carbons (Fsp3) is 0.545. The van der Waals surface area contributed by atoms with Crippen LogP contribution in [0, 0.1) is 5.82 Å². The Balaban J connectivity index is 1.49. The highest BCUT2D eigenvalue weighted by molar-refractivity contribution is 6.23. The first-order valence-electron chi connectivity index (χ1n) is 10.9. The van der Waals surface area contributed by atoms with Crippen molar-refractivity contribution in [2.24, 2.45) is 4.99 Å². The summed E-state index contributed by atoms with van der Waals surface area (Å²) in [6.45, 7) is 6.88. The van der Waals surface area contributed by atoms with E-state index in [1.165, 1.54) is 29.0 Å². The van der Waals surface area contributed by atoms with Gasteiger partial charge < -0.3 is 4.90 Å². The first kappa shape index (κ1) is 21.4. The summed E-state index contributed by atoms with van der Waals surface area (Å²) in [5, 5.41) is 0. The number of fused-ring (bicyclic) bond motifs is 1. The normalized spacial score (nSPS) is 22.4. The Morgan fingerprint density at radius 3 is 2.39 bits per heavy atom. The van der Waals surface area contributed by atoms with Gasteiger partial charge in [0.15, 0.2) is 0 Å². The molecule has 0 saturated carbocycles. The number of urea groups is 1. The maximum Gasteiger partial charge on any atom is 0.333 e. The van der Waals surface area contributed by atoms with E-state index >= 15 is 0 Å². The second kappa shape index (κ2) is 8.74. The van der Waals surface area contributed by atoms with E-state index in [1.807, 2.05) is 12.1 Å². The molecule has 3 aliphatic heterocycles. The molecule has 9 heteroatoms. The number of unbranched alkanes of at least 4 members (excludes halogenated alkanes) is 1. The number of carbonyl (C=O) groups is 2. The summed E-state index contributed by atoms with van der Waals surface area (Å²) in [6.07, 6.45) is 1.97. The predicted molar refractivity (Wildman–Crippen MR) is 117 cm³/mol. The van der Waals surface area contributed by atoms with Gasteiger partial charge in [-0.05, 0) is 35.7 Å². The van der Waals surface area contributed by atoms with Crippen molar-refractivity contribution >= 4 is 29.3 Å². The topological polar surface area (TPSA) is 62.5 Å². The number of piperazine rings is 1. The molecule has 0 aromatic heterocycles. The van der Waals surface area contributed by atoms with Gasteiger partial charge in [-0.3, -0.25) is 19.5 Å². The number of rotatable bonds is 6. The standard InChI is InChI=1S/C22H30FN6O2/c1-4-5-10-29-18(24-20-19(29)21(30)26(3)22(31)25(20)2)15-27-11-13-28(14-12-27)17-8-6-16(23)7-9-17/h6-9,19H,4-5,10-15H2,1-3H3/q+1. The number of amidine groups is 2. The van der Waals surface area contributed by atoms with Crippen molar-refractivity contribution in [3.63, 3.8) is 0 Å². The molecule has 3 amide bonds. The fourth-order valence-corrected chi connectivity index (χ4v) is 4.38. The van der Waals surface area contributed by atoms with E-state index in [0.717, 1.165) is 57.1 Å². The van der Waals surface area contributed by atoms with Gasteiger partial charge in [0.05, 0.1) is 6.54 Å². The molecule has 3 aliphatic rings.